The van der Waals surface area contributed by atoms with Crippen LogP contribution in [-0.4, -0.2) is 9.97 Å². The molecule has 46 heavy (non-hydrogen) atoms. The second-order valence-corrected chi connectivity index (χ2v) is 13.7. The van der Waals surface area contributed by atoms with E-state index in [0.29, 0.717) is 0 Å². The zero-order valence-corrected chi connectivity index (χ0v) is 27.6. The van der Waals surface area contributed by atoms with E-state index in [4.69, 9.17) is 9.97 Å². The van der Waals surface area contributed by atoms with Crippen molar-refractivity contribution in [2.45, 2.75) is 52.4 Å². The zero-order valence-electron chi connectivity index (χ0n) is 27.6. The summed E-state index contributed by atoms with van der Waals surface area (Å²) in [6.07, 6.45) is 0. The van der Waals surface area contributed by atoms with Crippen LogP contribution in [0.2, 0.25) is 0 Å². The lowest BCUT2D eigenvalue weighted by atomic mass is 9.79. The average Bonchev–Trinajstić information content (AvgIpc) is 3.08. The number of hydrogen-bond donors (Lipinski definition) is 0. The average molecular weight is 597 g/mol. The van der Waals surface area contributed by atoms with E-state index in [1.807, 2.05) is 0 Å². The Balaban J connectivity index is 1.58. The Morgan fingerprint density at radius 1 is 0.413 bits per heavy atom. The Hall–Kier alpha value is -5.08. The molecule has 0 saturated heterocycles. The van der Waals surface area contributed by atoms with Gasteiger partial charge in [0.2, 0.25) is 0 Å². The number of aromatic nitrogens is 2. The third-order valence-electron chi connectivity index (χ3n) is 9.75. The van der Waals surface area contributed by atoms with Gasteiger partial charge in [-0.05, 0) is 59.4 Å². The van der Waals surface area contributed by atoms with Crippen LogP contribution < -0.4 is 0 Å². The van der Waals surface area contributed by atoms with Crippen LogP contribution in [0.1, 0.15) is 61.3 Å². The van der Waals surface area contributed by atoms with Crippen LogP contribution in [0, 0.1) is 13.8 Å². The van der Waals surface area contributed by atoms with Crippen molar-refractivity contribution >= 4 is 21.8 Å². The molecule has 2 nitrogen and oxygen atoms in total. The van der Waals surface area contributed by atoms with Crippen molar-refractivity contribution in [3.63, 3.8) is 0 Å². The van der Waals surface area contributed by atoms with Gasteiger partial charge in [0.15, 0.2) is 0 Å². The van der Waals surface area contributed by atoms with Crippen molar-refractivity contribution in [3.05, 3.63) is 167 Å². The van der Waals surface area contributed by atoms with Crippen LogP contribution in [-0.2, 0) is 10.8 Å². The second kappa shape index (κ2) is 11.4. The monoisotopic (exact) mass is 596 g/mol. The fraction of sp³-hybridized carbons (Fsp3) is 0.182. The minimum atomic E-state index is -0.325. The largest absolute Gasteiger partial charge is 0.250 e. The molecule has 0 radical (unpaired) electrons. The van der Waals surface area contributed by atoms with Gasteiger partial charge < -0.3 is 0 Å². The summed E-state index contributed by atoms with van der Waals surface area (Å²) in [4.78, 5) is 11.1. The molecule has 2 aromatic heterocycles. The molecule has 7 rings (SSSR count). The molecule has 0 bridgehead atoms. The number of hydrogen-bond acceptors (Lipinski definition) is 2. The van der Waals surface area contributed by atoms with Crippen molar-refractivity contribution in [3.8, 4) is 22.3 Å². The van der Waals surface area contributed by atoms with Crippen LogP contribution in [0.25, 0.3) is 44.1 Å². The van der Waals surface area contributed by atoms with Gasteiger partial charge in [0.25, 0.3) is 0 Å². The van der Waals surface area contributed by atoms with Gasteiger partial charge in [-0.3, -0.25) is 0 Å². The first-order valence-electron chi connectivity index (χ1n) is 16.2. The van der Waals surface area contributed by atoms with Crippen molar-refractivity contribution in [1.82, 2.24) is 9.97 Å². The van der Waals surface area contributed by atoms with E-state index >= 15 is 0 Å². The normalized spacial score (nSPS) is 12.1. The van der Waals surface area contributed by atoms with Gasteiger partial charge >= 0.3 is 0 Å². The van der Waals surface area contributed by atoms with Gasteiger partial charge in [0, 0.05) is 21.6 Å². The fourth-order valence-electron chi connectivity index (χ4n) is 6.56. The van der Waals surface area contributed by atoms with Crippen LogP contribution in [0.3, 0.4) is 0 Å². The summed E-state index contributed by atoms with van der Waals surface area (Å²) in [5, 5.41) is 2.22. The SMILES string of the molecule is Cc1ccc(C(C)(C)c2cc(-c3ccccc3)c3ccc4c(-c5ccccc5)cc(C(C)(C)c5ccc(C)cc5)nc4c3n2)cc1. The van der Waals surface area contributed by atoms with Gasteiger partial charge in [0.05, 0.1) is 22.4 Å². The fourth-order valence-corrected chi connectivity index (χ4v) is 6.56. The maximum atomic E-state index is 5.54. The van der Waals surface area contributed by atoms with Crippen molar-refractivity contribution in [2.75, 3.05) is 0 Å². The highest BCUT2D eigenvalue weighted by Gasteiger charge is 2.29. The first-order chi connectivity index (χ1) is 22.1. The first kappa shape index (κ1) is 29.6. The van der Waals surface area contributed by atoms with Gasteiger partial charge in [-0.15, -0.1) is 0 Å². The summed E-state index contributed by atoms with van der Waals surface area (Å²) in [6.45, 7) is 13.4. The second-order valence-electron chi connectivity index (χ2n) is 13.7. The summed E-state index contributed by atoms with van der Waals surface area (Å²) < 4.78 is 0. The van der Waals surface area contributed by atoms with E-state index in [1.165, 1.54) is 44.5 Å². The predicted octanol–water partition coefficient (Wildman–Crippen LogP) is 11.4. The molecule has 0 aliphatic rings. The highest BCUT2D eigenvalue weighted by atomic mass is 14.8. The lowest BCUT2D eigenvalue weighted by Crippen LogP contribution is -2.22. The molecular formula is C44H40N2. The maximum absolute atomic E-state index is 5.54. The molecule has 5 aromatic carbocycles. The Labute approximate surface area is 272 Å². The summed E-state index contributed by atoms with van der Waals surface area (Å²) in [5.41, 5.74) is 13.0. The predicted molar refractivity (Wildman–Crippen MR) is 195 cm³/mol. The molecule has 7 aromatic rings. The summed E-state index contributed by atoms with van der Waals surface area (Å²) in [5.74, 6) is 0. The van der Waals surface area contributed by atoms with Gasteiger partial charge in [0.1, 0.15) is 0 Å². The van der Waals surface area contributed by atoms with Gasteiger partial charge in [-0.2, -0.15) is 0 Å². The Bertz CT molecular complexity index is 2020. The van der Waals surface area contributed by atoms with Crippen LogP contribution >= 0.6 is 0 Å². The molecule has 226 valence electrons. The molecule has 0 saturated carbocycles. The van der Waals surface area contributed by atoms with E-state index in [-0.39, 0.29) is 10.8 Å². The van der Waals surface area contributed by atoms with Crippen molar-refractivity contribution < 1.29 is 0 Å². The van der Waals surface area contributed by atoms with Crippen LogP contribution in [0.4, 0.5) is 0 Å². The number of rotatable bonds is 6. The summed E-state index contributed by atoms with van der Waals surface area (Å²) in [6, 6.07) is 48.2. The molecule has 2 heterocycles. The molecule has 2 heteroatoms. The van der Waals surface area contributed by atoms with E-state index in [2.05, 4.69) is 175 Å². The maximum Gasteiger partial charge on any atom is 0.0974 e. The van der Waals surface area contributed by atoms with Crippen molar-refractivity contribution in [1.29, 1.82) is 0 Å². The molecule has 0 spiro atoms. The van der Waals surface area contributed by atoms with Gasteiger partial charge in [-0.1, -0.05) is 160 Å². The van der Waals surface area contributed by atoms with Crippen molar-refractivity contribution in [2.24, 2.45) is 0 Å². The summed E-state index contributed by atoms with van der Waals surface area (Å²) in [7, 11) is 0. The number of nitrogens with zero attached hydrogens (tertiary/aromatic N) is 2. The third-order valence-corrected chi connectivity index (χ3v) is 9.75. The third kappa shape index (κ3) is 5.18. The number of pyridine rings is 2. The van der Waals surface area contributed by atoms with Crippen LogP contribution in [0.15, 0.2) is 133 Å². The zero-order chi connectivity index (χ0) is 32.1. The molecular weight excluding hydrogens is 556 g/mol. The number of aryl methyl sites for hydroxylation is 2. The molecule has 0 aliphatic heterocycles. The first-order valence-corrected chi connectivity index (χ1v) is 16.2. The Kier molecular flexibility index (Phi) is 7.32. The molecule has 0 atom stereocenters. The topological polar surface area (TPSA) is 25.8 Å². The molecule has 0 aliphatic carbocycles. The highest BCUT2D eigenvalue weighted by Crippen LogP contribution is 2.42. The quantitative estimate of drug-likeness (QED) is 0.178. The summed E-state index contributed by atoms with van der Waals surface area (Å²) >= 11 is 0. The minimum Gasteiger partial charge on any atom is -0.250 e. The molecule has 0 fully saturated rings. The smallest absolute Gasteiger partial charge is 0.0974 e. The number of benzene rings is 5. The molecule has 0 amide bonds. The lowest BCUT2D eigenvalue weighted by molar-refractivity contribution is 0.618. The van der Waals surface area contributed by atoms with E-state index in [1.54, 1.807) is 0 Å². The minimum absolute atomic E-state index is 0.325. The molecule has 0 unspecified atom stereocenters. The Morgan fingerprint density at radius 3 is 1.11 bits per heavy atom. The highest BCUT2D eigenvalue weighted by molar-refractivity contribution is 6.12. The Morgan fingerprint density at radius 2 is 0.761 bits per heavy atom. The van der Waals surface area contributed by atoms with E-state index < -0.39 is 0 Å². The lowest BCUT2D eigenvalue weighted by Gasteiger charge is -2.28. The van der Waals surface area contributed by atoms with Crippen LogP contribution in [0.5, 0.6) is 0 Å². The van der Waals surface area contributed by atoms with E-state index in [0.717, 1.165) is 33.2 Å². The standard InChI is InChI=1S/C44H40N2/c1-29-17-21-33(22-18-29)43(3,4)39-27-37(31-13-9-7-10-14-31)35-25-26-36-38(32-15-11-8-12-16-32)28-40(46-42(36)41(35)45-39)44(5,6)34-23-19-30(2)20-24-34/h7-28H,1-6H3. The van der Waals surface area contributed by atoms with E-state index in [9.17, 15) is 0 Å². The van der Waals surface area contributed by atoms with Gasteiger partial charge in [-0.25, -0.2) is 9.97 Å². The number of fused-ring (bicyclic) bond motifs is 3. The molecule has 0 N–H and O–H groups in total.